The van der Waals surface area contributed by atoms with Crippen LogP contribution in [0.1, 0.15) is 23.2 Å². The summed E-state index contributed by atoms with van der Waals surface area (Å²) in [6.45, 7) is 0.872. The lowest BCUT2D eigenvalue weighted by molar-refractivity contribution is 0.316. The van der Waals surface area contributed by atoms with Gasteiger partial charge in [-0.2, -0.15) is 0 Å². The molecule has 1 heterocycles. The van der Waals surface area contributed by atoms with Gasteiger partial charge in [0.2, 0.25) is 0 Å². The van der Waals surface area contributed by atoms with E-state index in [1.54, 1.807) is 0 Å². The van der Waals surface area contributed by atoms with Crippen LogP contribution in [0.2, 0.25) is 0 Å². The van der Waals surface area contributed by atoms with Gasteiger partial charge in [-0.3, -0.25) is 9.34 Å². The Bertz CT molecular complexity index is 680. The fraction of sp³-hybridized carbons (Fsp3) is 0.350. The van der Waals surface area contributed by atoms with Gasteiger partial charge in [0.15, 0.2) is 5.11 Å². The summed E-state index contributed by atoms with van der Waals surface area (Å²) in [6, 6.07) is 22.4. The Morgan fingerprint density at radius 1 is 0.963 bits per heavy atom. The van der Waals surface area contributed by atoms with E-state index in [1.807, 2.05) is 18.4 Å². The fourth-order valence-electron chi connectivity index (χ4n) is 3.50. The highest BCUT2D eigenvalue weighted by molar-refractivity contribution is 8.54. The van der Waals surface area contributed by atoms with Crippen LogP contribution in [-0.4, -0.2) is 47.9 Å². The van der Waals surface area contributed by atoms with Crippen molar-refractivity contribution in [1.29, 1.82) is 0 Å². The third-order valence-corrected chi connectivity index (χ3v) is 10.1. The van der Waals surface area contributed by atoms with E-state index in [4.69, 9.17) is 12.2 Å². The molecule has 1 aliphatic heterocycles. The van der Waals surface area contributed by atoms with E-state index < -0.39 is 7.42 Å². The van der Waals surface area contributed by atoms with Gasteiger partial charge in [0, 0.05) is 19.3 Å². The Morgan fingerprint density at radius 2 is 1.44 bits per heavy atom. The standard InChI is InChI=1S/C20H27N4PS2/c1-21-20(26)22-14-15-27-25-23(2)18(16-10-6-4-7-11-16)19(24(25)3)17-12-8-5-9-13-17/h4-13,18-19H,14-15H2,1-3H3,(H2,21,22,26)/t18-,19-/m1/s1. The van der Waals surface area contributed by atoms with Crippen LogP contribution in [0.3, 0.4) is 0 Å². The second-order valence-electron chi connectivity index (χ2n) is 6.45. The van der Waals surface area contributed by atoms with Crippen molar-refractivity contribution in [2.45, 2.75) is 12.1 Å². The van der Waals surface area contributed by atoms with Crippen molar-refractivity contribution in [2.24, 2.45) is 0 Å². The van der Waals surface area contributed by atoms with Gasteiger partial charge in [-0.15, -0.1) is 11.4 Å². The molecule has 2 aromatic carbocycles. The Labute approximate surface area is 173 Å². The van der Waals surface area contributed by atoms with Gasteiger partial charge < -0.3 is 10.6 Å². The van der Waals surface area contributed by atoms with Gasteiger partial charge in [0.25, 0.3) is 0 Å². The van der Waals surface area contributed by atoms with Crippen molar-refractivity contribution in [3.63, 3.8) is 0 Å². The van der Waals surface area contributed by atoms with Gasteiger partial charge in [-0.1, -0.05) is 60.7 Å². The molecule has 0 spiro atoms. The van der Waals surface area contributed by atoms with Crippen LogP contribution in [0.4, 0.5) is 0 Å². The molecule has 0 amide bonds. The van der Waals surface area contributed by atoms with Crippen LogP contribution in [-0.2, 0) is 0 Å². The summed E-state index contributed by atoms with van der Waals surface area (Å²) in [4.78, 5) is 0. The molecule has 2 aromatic rings. The number of hydrogen-bond donors (Lipinski definition) is 2. The Balaban J connectivity index is 1.79. The van der Waals surface area contributed by atoms with Crippen molar-refractivity contribution in [3.05, 3.63) is 71.8 Å². The SMILES string of the molecule is CNC(=S)NCCSP1N(C)[C@H](c2ccccc2)[C@@H](c2ccccc2)N1C. The maximum atomic E-state index is 5.17. The van der Waals surface area contributed by atoms with Crippen LogP contribution in [0.25, 0.3) is 0 Å². The molecule has 1 aliphatic rings. The maximum Gasteiger partial charge on any atom is 0.166 e. The van der Waals surface area contributed by atoms with Crippen LogP contribution in [0.5, 0.6) is 0 Å². The molecule has 7 heteroatoms. The van der Waals surface area contributed by atoms with Gasteiger partial charge in [-0.05, 0) is 37.4 Å². The molecule has 2 atom stereocenters. The Morgan fingerprint density at radius 3 is 1.89 bits per heavy atom. The number of nitrogens with one attached hydrogen (secondary N) is 2. The van der Waals surface area contributed by atoms with E-state index in [9.17, 15) is 0 Å². The largest absolute Gasteiger partial charge is 0.366 e. The van der Waals surface area contributed by atoms with Gasteiger partial charge in [0.05, 0.1) is 12.1 Å². The quantitative estimate of drug-likeness (QED) is 0.411. The van der Waals surface area contributed by atoms with E-state index in [0.717, 1.165) is 12.3 Å². The summed E-state index contributed by atoms with van der Waals surface area (Å²) in [5.74, 6) is 1.02. The molecule has 4 nitrogen and oxygen atoms in total. The molecule has 0 radical (unpaired) electrons. The molecule has 27 heavy (non-hydrogen) atoms. The molecule has 144 valence electrons. The van der Waals surface area contributed by atoms with Crippen molar-refractivity contribution in [3.8, 4) is 0 Å². The van der Waals surface area contributed by atoms with Crippen molar-refractivity contribution < 1.29 is 0 Å². The molecular weight excluding hydrogens is 391 g/mol. The number of nitrogens with zero attached hydrogens (tertiary/aromatic N) is 2. The molecular formula is C20H27N4PS2. The van der Waals surface area contributed by atoms with Crippen molar-refractivity contribution in [1.82, 2.24) is 20.0 Å². The Hall–Kier alpha value is -1.17. The number of hydrogen-bond acceptors (Lipinski definition) is 4. The highest BCUT2D eigenvalue weighted by Crippen LogP contribution is 2.68. The van der Waals surface area contributed by atoms with E-state index in [-0.39, 0.29) is 0 Å². The third kappa shape index (κ3) is 4.82. The average Bonchev–Trinajstić information content (AvgIpc) is 2.96. The van der Waals surface area contributed by atoms with Gasteiger partial charge in [-0.25, -0.2) is 0 Å². The number of benzene rings is 2. The Kier molecular flexibility index (Phi) is 7.50. The summed E-state index contributed by atoms with van der Waals surface area (Å²) in [5.41, 5.74) is 2.75. The lowest BCUT2D eigenvalue weighted by Gasteiger charge is -2.26. The minimum absolute atomic E-state index is 0.351. The molecule has 0 unspecified atom stereocenters. The van der Waals surface area contributed by atoms with Crippen LogP contribution in [0, 0.1) is 0 Å². The van der Waals surface area contributed by atoms with Crippen LogP contribution >= 0.6 is 31.0 Å². The predicted molar refractivity (Wildman–Crippen MR) is 123 cm³/mol. The molecule has 0 aliphatic carbocycles. The van der Waals surface area contributed by atoms with Crippen LogP contribution < -0.4 is 10.6 Å². The van der Waals surface area contributed by atoms with E-state index in [1.165, 1.54) is 11.1 Å². The molecule has 1 fully saturated rings. The number of likely N-dealkylation sites (N-methyl/N-ethyl adjacent to an activating group) is 2. The first-order valence-corrected chi connectivity index (χ1v) is 12.3. The van der Waals surface area contributed by atoms with Gasteiger partial charge in [0.1, 0.15) is 7.42 Å². The van der Waals surface area contributed by atoms with E-state index in [0.29, 0.717) is 17.2 Å². The fourth-order valence-corrected chi connectivity index (χ4v) is 8.18. The number of thiocarbonyl (C=S) groups is 1. The average molecular weight is 419 g/mol. The molecule has 0 aromatic heterocycles. The second-order valence-corrected chi connectivity index (χ2v) is 11.0. The minimum atomic E-state index is -0.449. The van der Waals surface area contributed by atoms with Crippen molar-refractivity contribution in [2.75, 3.05) is 33.4 Å². The van der Waals surface area contributed by atoms with Crippen molar-refractivity contribution >= 4 is 36.1 Å². The lowest BCUT2D eigenvalue weighted by Crippen LogP contribution is -2.33. The summed E-state index contributed by atoms with van der Waals surface area (Å²) in [5, 5.41) is 6.92. The molecule has 3 rings (SSSR count). The second kappa shape index (κ2) is 9.85. The van der Waals surface area contributed by atoms with Gasteiger partial charge >= 0.3 is 0 Å². The molecule has 2 N–H and O–H groups in total. The highest BCUT2D eigenvalue weighted by Gasteiger charge is 2.45. The van der Waals surface area contributed by atoms with Crippen LogP contribution in [0.15, 0.2) is 60.7 Å². The number of rotatable bonds is 6. The topological polar surface area (TPSA) is 30.5 Å². The first kappa shape index (κ1) is 20.6. The summed E-state index contributed by atoms with van der Waals surface area (Å²) < 4.78 is 5.12. The normalized spacial score (nSPS) is 21.3. The predicted octanol–water partition coefficient (Wildman–Crippen LogP) is 4.40. The van der Waals surface area contributed by atoms with E-state index in [2.05, 4.69) is 94.7 Å². The smallest absolute Gasteiger partial charge is 0.166 e. The summed E-state index contributed by atoms with van der Waals surface area (Å²) in [7, 11) is 5.93. The zero-order valence-corrected chi connectivity index (χ0v) is 18.5. The highest BCUT2D eigenvalue weighted by atomic mass is 32.7. The monoisotopic (exact) mass is 418 g/mol. The zero-order valence-electron chi connectivity index (χ0n) is 16.0. The lowest BCUT2D eigenvalue weighted by atomic mass is 9.93. The first-order chi connectivity index (χ1) is 13.1. The summed E-state index contributed by atoms with van der Waals surface area (Å²) >= 11 is 7.18. The zero-order chi connectivity index (χ0) is 19.2. The first-order valence-electron chi connectivity index (χ1n) is 9.07. The van der Waals surface area contributed by atoms with E-state index >= 15 is 0 Å². The minimum Gasteiger partial charge on any atom is -0.366 e. The third-order valence-electron chi connectivity index (χ3n) is 4.75. The molecule has 0 saturated carbocycles. The maximum absolute atomic E-state index is 5.17. The molecule has 0 bridgehead atoms. The molecule has 1 saturated heterocycles. The summed E-state index contributed by atoms with van der Waals surface area (Å²) in [6.07, 6.45) is 0.